The van der Waals surface area contributed by atoms with Gasteiger partial charge in [0.15, 0.2) is 0 Å². The lowest BCUT2D eigenvalue weighted by Gasteiger charge is -2.11. The van der Waals surface area contributed by atoms with Crippen molar-refractivity contribution in [1.82, 2.24) is 24.9 Å². The lowest BCUT2D eigenvalue weighted by atomic mass is 10.1. The summed E-state index contributed by atoms with van der Waals surface area (Å²) in [6.07, 6.45) is -2.77. The number of aryl methyl sites for hydroxylation is 2. The molecule has 3 aromatic rings. The molecule has 0 aliphatic heterocycles. The minimum Gasteiger partial charge on any atom is -0.406 e. The van der Waals surface area contributed by atoms with Crippen molar-refractivity contribution in [3.8, 4) is 5.75 Å². The van der Waals surface area contributed by atoms with Gasteiger partial charge in [-0.25, -0.2) is 9.50 Å². The van der Waals surface area contributed by atoms with E-state index in [0.717, 1.165) is 11.3 Å². The molecule has 0 saturated heterocycles. The first-order valence-electron chi connectivity index (χ1n) is 8.54. The summed E-state index contributed by atoms with van der Waals surface area (Å²) in [6, 6.07) is 5.33. The van der Waals surface area contributed by atoms with Gasteiger partial charge in [0.05, 0.1) is 6.42 Å². The van der Waals surface area contributed by atoms with Crippen molar-refractivity contribution in [3.05, 3.63) is 46.8 Å². The number of benzene rings is 1. The summed E-state index contributed by atoms with van der Waals surface area (Å²) in [5, 5.41) is 7.70. The predicted molar refractivity (Wildman–Crippen MR) is 101 cm³/mol. The molecule has 0 aliphatic rings. The fourth-order valence-corrected chi connectivity index (χ4v) is 3.10. The second-order valence-corrected chi connectivity index (χ2v) is 6.99. The van der Waals surface area contributed by atoms with Crippen molar-refractivity contribution in [1.29, 1.82) is 0 Å². The number of fused-ring (bicyclic) bond motifs is 1. The Kier molecular flexibility index (Phi) is 5.96. The first-order valence-corrected chi connectivity index (χ1v) is 9.77. The van der Waals surface area contributed by atoms with E-state index in [0.29, 0.717) is 22.2 Å². The molecule has 0 radical (unpaired) electrons. The molecule has 0 aliphatic carbocycles. The highest BCUT2D eigenvalue weighted by atomic mass is 32.2. The first-order chi connectivity index (χ1) is 13.7. The van der Waals surface area contributed by atoms with Crippen LogP contribution in [0.1, 0.15) is 22.5 Å². The Morgan fingerprint density at radius 3 is 2.52 bits per heavy atom. The van der Waals surface area contributed by atoms with Gasteiger partial charge in [-0.3, -0.25) is 4.79 Å². The topological polar surface area (TPSA) is 81.4 Å². The molecule has 1 aromatic carbocycles. The van der Waals surface area contributed by atoms with Crippen molar-refractivity contribution >= 4 is 23.4 Å². The van der Waals surface area contributed by atoms with Gasteiger partial charge in [-0.05, 0) is 37.8 Å². The molecule has 0 unspecified atom stereocenters. The van der Waals surface area contributed by atoms with Gasteiger partial charge in [-0.15, -0.1) is 18.3 Å². The molecule has 11 heteroatoms. The minimum absolute atomic E-state index is 0.102. The molecule has 29 heavy (non-hydrogen) atoms. The number of nitrogens with one attached hydrogen (secondary N) is 1. The molecule has 0 spiro atoms. The van der Waals surface area contributed by atoms with E-state index in [2.05, 4.69) is 25.1 Å². The van der Waals surface area contributed by atoms with Gasteiger partial charge in [-0.2, -0.15) is 4.98 Å². The summed E-state index contributed by atoms with van der Waals surface area (Å²) in [4.78, 5) is 21.1. The molecule has 3 rings (SSSR count). The zero-order chi connectivity index (χ0) is 21.2. The average molecular weight is 425 g/mol. The number of aromatic nitrogens is 4. The zero-order valence-corrected chi connectivity index (χ0v) is 16.7. The van der Waals surface area contributed by atoms with Crippen LogP contribution in [0.3, 0.4) is 0 Å². The summed E-state index contributed by atoms with van der Waals surface area (Å²) in [5.74, 6) is -0.0662. The highest BCUT2D eigenvalue weighted by Crippen LogP contribution is 2.23. The van der Waals surface area contributed by atoms with Crippen molar-refractivity contribution in [2.24, 2.45) is 0 Å². The number of alkyl halides is 3. The van der Waals surface area contributed by atoms with Crippen LogP contribution in [0.25, 0.3) is 5.78 Å². The monoisotopic (exact) mass is 425 g/mol. The van der Waals surface area contributed by atoms with Crippen LogP contribution in [-0.2, 0) is 17.8 Å². The molecule has 0 saturated carbocycles. The Labute approximate surface area is 168 Å². The van der Waals surface area contributed by atoms with E-state index < -0.39 is 6.36 Å². The fourth-order valence-electron chi connectivity index (χ4n) is 2.76. The summed E-state index contributed by atoms with van der Waals surface area (Å²) in [5.41, 5.74) is 2.88. The van der Waals surface area contributed by atoms with E-state index in [1.54, 1.807) is 4.52 Å². The number of ether oxygens (including phenoxy) is 1. The highest BCUT2D eigenvalue weighted by molar-refractivity contribution is 7.98. The maximum Gasteiger partial charge on any atom is 0.573 e. The third-order valence-electron chi connectivity index (χ3n) is 4.20. The summed E-state index contributed by atoms with van der Waals surface area (Å²) in [7, 11) is 0. The van der Waals surface area contributed by atoms with Crippen LogP contribution in [-0.4, -0.2) is 38.1 Å². The van der Waals surface area contributed by atoms with Crippen molar-refractivity contribution in [3.63, 3.8) is 0 Å². The SMILES string of the molecule is CSc1nc2nc(C)c(CC(=O)NCc3ccc(OC(F)(F)F)cc3)c(C)n2n1. The Hall–Kier alpha value is -2.82. The van der Waals surface area contributed by atoms with E-state index in [1.807, 2.05) is 20.1 Å². The van der Waals surface area contributed by atoms with Gasteiger partial charge in [0, 0.05) is 23.5 Å². The third-order valence-corrected chi connectivity index (χ3v) is 4.73. The average Bonchev–Trinajstić information content (AvgIpc) is 3.06. The Bertz CT molecular complexity index is 1030. The standard InChI is InChI=1S/C18H18F3N5O2S/c1-10-14(11(2)26-16(23-10)24-17(25-26)29-3)8-15(27)22-9-12-4-6-13(7-5-12)28-18(19,20)21/h4-7H,8-9H2,1-3H3,(H,22,27). The normalized spacial score (nSPS) is 11.7. The molecule has 1 N–H and O–H groups in total. The van der Waals surface area contributed by atoms with E-state index >= 15 is 0 Å². The maximum atomic E-state index is 12.4. The fraction of sp³-hybridized carbons (Fsp3) is 0.333. The number of halogens is 3. The lowest BCUT2D eigenvalue weighted by Crippen LogP contribution is -2.26. The molecule has 7 nitrogen and oxygen atoms in total. The Balaban J connectivity index is 1.65. The molecule has 2 heterocycles. The lowest BCUT2D eigenvalue weighted by molar-refractivity contribution is -0.274. The van der Waals surface area contributed by atoms with E-state index in [-0.39, 0.29) is 24.6 Å². The van der Waals surface area contributed by atoms with Crippen LogP contribution in [0.4, 0.5) is 13.2 Å². The van der Waals surface area contributed by atoms with Gasteiger partial charge < -0.3 is 10.1 Å². The number of amides is 1. The third kappa shape index (κ3) is 5.17. The molecule has 154 valence electrons. The number of hydrogen-bond acceptors (Lipinski definition) is 6. The summed E-state index contributed by atoms with van der Waals surface area (Å²) < 4.78 is 42.0. The van der Waals surface area contributed by atoms with E-state index in [9.17, 15) is 18.0 Å². The van der Waals surface area contributed by atoms with Crippen LogP contribution >= 0.6 is 11.8 Å². The van der Waals surface area contributed by atoms with E-state index in [4.69, 9.17) is 0 Å². The van der Waals surface area contributed by atoms with Gasteiger partial charge in [0.25, 0.3) is 5.78 Å². The molecular formula is C18H18F3N5O2S. The first kappa shape index (κ1) is 20.9. The van der Waals surface area contributed by atoms with Crippen LogP contribution in [0.2, 0.25) is 0 Å². The quantitative estimate of drug-likeness (QED) is 0.611. The van der Waals surface area contributed by atoms with Gasteiger partial charge in [0.1, 0.15) is 5.75 Å². The highest BCUT2D eigenvalue weighted by Gasteiger charge is 2.30. The minimum atomic E-state index is -4.73. The molecule has 0 atom stereocenters. The molecule has 2 aromatic heterocycles. The summed E-state index contributed by atoms with van der Waals surface area (Å²) in [6.45, 7) is 3.84. The van der Waals surface area contributed by atoms with Gasteiger partial charge in [-0.1, -0.05) is 23.9 Å². The number of carbonyl (C=O) groups excluding carboxylic acids is 1. The Morgan fingerprint density at radius 1 is 1.21 bits per heavy atom. The summed E-state index contributed by atoms with van der Waals surface area (Å²) >= 11 is 1.40. The molecule has 0 fully saturated rings. The van der Waals surface area contributed by atoms with Crippen LogP contribution in [0, 0.1) is 13.8 Å². The number of thioether (sulfide) groups is 1. The molecule has 1 amide bonds. The van der Waals surface area contributed by atoms with Crippen molar-refractivity contribution < 1.29 is 22.7 Å². The van der Waals surface area contributed by atoms with E-state index in [1.165, 1.54) is 36.0 Å². The smallest absolute Gasteiger partial charge is 0.406 e. The predicted octanol–water partition coefficient (Wildman–Crippen LogP) is 3.22. The van der Waals surface area contributed by atoms with Crippen LogP contribution < -0.4 is 10.1 Å². The maximum absolute atomic E-state index is 12.4. The number of hydrogen-bond donors (Lipinski definition) is 1. The van der Waals surface area contributed by atoms with Crippen molar-refractivity contribution in [2.45, 2.75) is 38.3 Å². The molecule has 0 bridgehead atoms. The largest absolute Gasteiger partial charge is 0.573 e. The number of nitrogens with zero attached hydrogens (tertiary/aromatic N) is 4. The second kappa shape index (κ2) is 8.27. The molecular weight excluding hydrogens is 407 g/mol. The Morgan fingerprint density at radius 2 is 1.90 bits per heavy atom. The van der Waals surface area contributed by atoms with Gasteiger partial charge >= 0.3 is 6.36 Å². The van der Waals surface area contributed by atoms with Crippen molar-refractivity contribution in [2.75, 3.05) is 6.26 Å². The number of carbonyl (C=O) groups is 1. The zero-order valence-electron chi connectivity index (χ0n) is 15.9. The number of rotatable bonds is 6. The second-order valence-electron chi connectivity index (χ2n) is 6.22. The van der Waals surface area contributed by atoms with Crippen LogP contribution in [0.5, 0.6) is 5.75 Å². The van der Waals surface area contributed by atoms with Gasteiger partial charge in [0.2, 0.25) is 11.1 Å². The van der Waals surface area contributed by atoms with Crippen LogP contribution in [0.15, 0.2) is 29.4 Å².